The van der Waals surface area contributed by atoms with Crippen LogP contribution < -0.4 is 10.1 Å². The maximum absolute atomic E-state index is 13.1. The molecular weight excluding hydrogens is 426 g/mol. The second-order valence-electron chi connectivity index (χ2n) is 8.62. The van der Waals surface area contributed by atoms with Crippen molar-refractivity contribution in [1.29, 1.82) is 0 Å². The number of amides is 1. The second-order valence-corrected chi connectivity index (χ2v) is 8.62. The van der Waals surface area contributed by atoms with Gasteiger partial charge in [-0.1, -0.05) is 86.6 Å². The smallest absolute Gasteiger partial charge is 0.290 e. The van der Waals surface area contributed by atoms with Crippen LogP contribution >= 0.6 is 0 Å². The number of aryl methyl sites for hydroxylation is 1. The van der Waals surface area contributed by atoms with Gasteiger partial charge in [-0.3, -0.25) is 4.79 Å². The standard InChI is InChI=1S/C29H29NO4/c1-19(2)23-15-14-20(3)25(18-23)34-26-17-16-24(33-26)29(32)30-27(21-10-6-4-7-11-21)28(31)22-12-8-5-9-13-22/h4-19,27-28,31H,1-3H3,(H,30,32)/t27?,28-/m0/s1. The van der Waals surface area contributed by atoms with Crippen LogP contribution in [0, 0.1) is 6.92 Å². The lowest BCUT2D eigenvalue weighted by Crippen LogP contribution is -2.32. The quantitative estimate of drug-likeness (QED) is 0.310. The van der Waals surface area contributed by atoms with Crippen molar-refractivity contribution in [2.45, 2.75) is 38.8 Å². The number of carbonyl (C=O) groups excluding carboxylic acids is 1. The summed E-state index contributed by atoms with van der Waals surface area (Å²) in [6, 6.07) is 27.3. The molecule has 0 bridgehead atoms. The number of aliphatic hydroxyl groups is 1. The van der Waals surface area contributed by atoms with Crippen LogP contribution in [0.2, 0.25) is 0 Å². The first kappa shape index (κ1) is 23.3. The van der Waals surface area contributed by atoms with Gasteiger partial charge in [0, 0.05) is 6.07 Å². The first-order valence-corrected chi connectivity index (χ1v) is 11.4. The van der Waals surface area contributed by atoms with Gasteiger partial charge in [0.1, 0.15) is 11.9 Å². The number of hydrogen-bond acceptors (Lipinski definition) is 4. The molecule has 1 unspecified atom stereocenters. The summed E-state index contributed by atoms with van der Waals surface area (Å²) in [6.07, 6.45) is -0.931. The molecule has 34 heavy (non-hydrogen) atoms. The average molecular weight is 456 g/mol. The molecule has 0 aliphatic rings. The predicted octanol–water partition coefficient (Wildman–Crippen LogP) is 6.71. The Kier molecular flexibility index (Phi) is 7.14. The van der Waals surface area contributed by atoms with Gasteiger partial charge in [0.15, 0.2) is 5.76 Å². The molecule has 0 radical (unpaired) electrons. The first-order chi connectivity index (χ1) is 16.4. The lowest BCUT2D eigenvalue weighted by atomic mass is 9.95. The third-order valence-corrected chi connectivity index (χ3v) is 5.80. The van der Waals surface area contributed by atoms with Crippen LogP contribution in [-0.4, -0.2) is 11.0 Å². The van der Waals surface area contributed by atoms with E-state index in [1.807, 2.05) is 79.7 Å². The molecule has 5 nitrogen and oxygen atoms in total. The van der Waals surface area contributed by atoms with Gasteiger partial charge in [0.25, 0.3) is 11.9 Å². The highest BCUT2D eigenvalue weighted by Gasteiger charge is 2.26. The molecule has 0 fully saturated rings. The molecule has 0 saturated carbocycles. The van der Waals surface area contributed by atoms with Gasteiger partial charge < -0.3 is 19.6 Å². The zero-order valence-electron chi connectivity index (χ0n) is 19.6. The van der Waals surface area contributed by atoms with Gasteiger partial charge in [0.05, 0.1) is 6.04 Å². The van der Waals surface area contributed by atoms with Gasteiger partial charge in [-0.25, -0.2) is 0 Å². The van der Waals surface area contributed by atoms with Gasteiger partial charge >= 0.3 is 0 Å². The predicted molar refractivity (Wildman–Crippen MR) is 132 cm³/mol. The zero-order valence-corrected chi connectivity index (χ0v) is 19.6. The fraction of sp³-hybridized carbons (Fsp3) is 0.207. The molecule has 2 atom stereocenters. The maximum atomic E-state index is 13.1. The summed E-state index contributed by atoms with van der Waals surface area (Å²) in [5.41, 5.74) is 3.63. The highest BCUT2D eigenvalue weighted by Crippen LogP contribution is 2.32. The lowest BCUT2D eigenvalue weighted by Gasteiger charge is -2.24. The summed E-state index contributed by atoms with van der Waals surface area (Å²) < 4.78 is 11.7. The number of aliphatic hydroxyl groups excluding tert-OH is 1. The van der Waals surface area contributed by atoms with Gasteiger partial charge in [-0.2, -0.15) is 0 Å². The minimum absolute atomic E-state index is 0.105. The van der Waals surface area contributed by atoms with Crippen molar-refractivity contribution < 1.29 is 19.1 Å². The number of rotatable bonds is 8. The van der Waals surface area contributed by atoms with Gasteiger partial charge in [0.2, 0.25) is 0 Å². The Bertz CT molecular complexity index is 1230. The van der Waals surface area contributed by atoms with Crippen LogP contribution in [0.15, 0.2) is 95.4 Å². The summed E-state index contributed by atoms with van der Waals surface area (Å²) in [6.45, 7) is 6.21. The van der Waals surface area contributed by atoms with Crippen molar-refractivity contribution >= 4 is 5.91 Å². The largest absolute Gasteiger partial charge is 0.426 e. The van der Waals surface area contributed by atoms with E-state index in [-0.39, 0.29) is 11.7 Å². The van der Waals surface area contributed by atoms with Crippen LogP contribution in [-0.2, 0) is 0 Å². The van der Waals surface area contributed by atoms with Crippen molar-refractivity contribution in [3.63, 3.8) is 0 Å². The molecular formula is C29H29NO4. The summed E-state index contributed by atoms with van der Waals surface area (Å²) in [7, 11) is 0. The van der Waals surface area contributed by atoms with E-state index in [0.717, 1.165) is 16.7 Å². The Labute approximate surface area is 200 Å². The van der Waals surface area contributed by atoms with E-state index in [2.05, 4.69) is 25.2 Å². The summed E-state index contributed by atoms with van der Waals surface area (Å²) in [5.74, 6) is 0.954. The van der Waals surface area contributed by atoms with E-state index < -0.39 is 18.1 Å². The fourth-order valence-corrected chi connectivity index (χ4v) is 3.75. The number of carbonyl (C=O) groups is 1. The molecule has 0 spiro atoms. The number of nitrogens with one attached hydrogen (secondary N) is 1. The Balaban J connectivity index is 1.54. The monoisotopic (exact) mass is 455 g/mol. The van der Waals surface area contributed by atoms with Crippen molar-refractivity contribution in [1.82, 2.24) is 5.32 Å². The highest BCUT2D eigenvalue weighted by molar-refractivity contribution is 5.92. The Morgan fingerprint density at radius 3 is 2.15 bits per heavy atom. The molecule has 1 aromatic heterocycles. The van der Waals surface area contributed by atoms with Crippen LogP contribution in [0.5, 0.6) is 11.7 Å². The molecule has 0 aliphatic carbocycles. The molecule has 3 aromatic carbocycles. The van der Waals surface area contributed by atoms with Gasteiger partial charge in [-0.05, 0) is 47.2 Å². The van der Waals surface area contributed by atoms with E-state index in [1.54, 1.807) is 12.1 Å². The van der Waals surface area contributed by atoms with Crippen molar-refractivity contribution in [3.05, 3.63) is 119 Å². The van der Waals surface area contributed by atoms with Crippen LogP contribution in [0.25, 0.3) is 0 Å². The summed E-state index contributed by atoms with van der Waals surface area (Å²) in [4.78, 5) is 13.1. The highest BCUT2D eigenvalue weighted by atomic mass is 16.6. The van der Waals surface area contributed by atoms with Crippen LogP contribution in [0.1, 0.15) is 64.7 Å². The Morgan fingerprint density at radius 1 is 0.853 bits per heavy atom. The molecule has 174 valence electrons. The molecule has 4 rings (SSSR count). The number of ether oxygens (including phenoxy) is 1. The molecule has 1 heterocycles. The van der Waals surface area contributed by atoms with E-state index in [4.69, 9.17) is 9.15 Å². The van der Waals surface area contributed by atoms with Crippen molar-refractivity contribution in [2.75, 3.05) is 0 Å². The third kappa shape index (κ3) is 5.38. The SMILES string of the molecule is Cc1ccc(C(C)C)cc1Oc1ccc(C(=O)NC(c2ccccc2)[C@@H](O)c2ccccc2)o1. The van der Waals surface area contributed by atoms with Crippen LogP contribution in [0.3, 0.4) is 0 Å². The molecule has 0 saturated heterocycles. The maximum Gasteiger partial charge on any atom is 0.290 e. The van der Waals surface area contributed by atoms with E-state index in [1.165, 1.54) is 0 Å². The zero-order chi connectivity index (χ0) is 24.1. The normalized spacial score (nSPS) is 12.9. The first-order valence-electron chi connectivity index (χ1n) is 11.4. The minimum atomic E-state index is -0.931. The number of furan rings is 1. The molecule has 2 N–H and O–H groups in total. The van der Waals surface area contributed by atoms with Crippen LogP contribution in [0.4, 0.5) is 0 Å². The Hall–Kier alpha value is -3.83. The molecule has 1 amide bonds. The van der Waals surface area contributed by atoms with E-state index in [0.29, 0.717) is 17.2 Å². The lowest BCUT2D eigenvalue weighted by molar-refractivity contribution is 0.0802. The van der Waals surface area contributed by atoms with Crippen molar-refractivity contribution in [2.24, 2.45) is 0 Å². The topological polar surface area (TPSA) is 71.7 Å². The average Bonchev–Trinajstić information content (AvgIpc) is 3.33. The number of hydrogen-bond donors (Lipinski definition) is 2. The van der Waals surface area contributed by atoms with Crippen molar-refractivity contribution in [3.8, 4) is 11.7 Å². The molecule has 0 aliphatic heterocycles. The van der Waals surface area contributed by atoms with Gasteiger partial charge in [-0.15, -0.1) is 0 Å². The van der Waals surface area contributed by atoms with E-state index in [9.17, 15) is 9.90 Å². The van der Waals surface area contributed by atoms with E-state index >= 15 is 0 Å². The molecule has 5 heteroatoms. The minimum Gasteiger partial charge on any atom is -0.426 e. The molecule has 4 aromatic rings. The summed E-state index contributed by atoms with van der Waals surface area (Å²) in [5, 5.41) is 14.0. The number of benzene rings is 3. The fourth-order valence-electron chi connectivity index (χ4n) is 3.75. The Morgan fingerprint density at radius 2 is 1.50 bits per heavy atom. The third-order valence-electron chi connectivity index (χ3n) is 5.80. The second kappa shape index (κ2) is 10.4. The summed E-state index contributed by atoms with van der Waals surface area (Å²) >= 11 is 0.